The Labute approximate surface area is 188 Å². The summed E-state index contributed by atoms with van der Waals surface area (Å²) in [6.45, 7) is -1.36. The molecule has 0 bridgehead atoms. The number of rotatable bonds is 7. The van der Waals surface area contributed by atoms with Crippen LogP contribution >= 0.6 is 23.5 Å². The van der Waals surface area contributed by atoms with Gasteiger partial charge in [-0.25, -0.2) is 23.3 Å². The van der Waals surface area contributed by atoms with Gasteiger partial charge in [-0.3, -0.25) is 18.9 Å². The minimum absolute atomic E-state index is 0.110. The fourth-order valence-corrected chi connectivity index (χ4v) is 8.41. The molecule has 6 atom stereocenters. The molecule has 2 aliphatic heterocycles. The van der Waals surface area contributed by atoms with Gasteiger partial charge in [0.2, 0.25) is 5.75 Å². The average molecular weight is 550 g/mol. The topological polar surface area (TPSA) is 248 Å². The maximum absolute atomic E-state index is 12.4. The zero-order valence-corrected chi connectivity index (χ0v) is 19.6. The lowest BCUT2D eigenvalue weighted by Crippen LogP contribution is -2.37. The lowest BCUT2D eigenvalue weighted by atomic mass is 10.2. The number of aromatic amines is 1. The highest BCUT2D eigenvalue weighted by molar-refractivity contribution is 7.74. The number of ether oxygens (including phenoxy) is 3. The molecule has 3 aliphatic rings. The van der Waals surface area contributed by atoms with Gasteiger partial charge in [-0.2, -0.15) is 12.9 Å². The molecular formula is C13H17N2O16P3. The number of H-pyrrole nitrogens is 1. The molecule has 0 spiro atoms. The molecule has 190 valence electrons. The van der Waals surface area contributed by atoms with Crippen molar-refractivity contribution < 1.29 is 65.0 Å². The first-order valence-corrected chi connectivity index (χ1v) is 13.6. The van der Waals surface area contributed by atoms with Crippen LogP contribution in [0.5, 0.6) is 5.75 Å². The second-order valence-electron chi connectivity index (χ2n) is 7.30. The van der Waals surface area contributed by atoms with Crippen LogP contribution in [0.25, 0.3) is 0 Å². The Morgan fingerprint density at radius 1 is 1.24 bits per heavy atom. The molecule has 4 N–H and O–H groups in total. The van der Waals surface area contributed by atoms with Gasteiger partial charge in [-0.05, 0) is 6.42 Å². The fourth-order valence-electron chi connectivity index (χ4n) is 3.43. The number of carbonyl (C=O) groups excluding carboxylic acids is 1. The van der Waals surface area contributed by atoms with Crippen LogP contribution in [0.1, 0.15) is 12.6 Å². The van der Waals surface area contributed by atoms with E-state index in [1.54, 1.807) is 0 Å². The van der Waals surface area contributed by atoms with E-state index in [1.807, 2.05) is 4.98 Å². The predicted octanol–water partition coefficient (Wildman–Crippen LogP) is -0.874. The lowest BCUT2D eigenvalue weighted by molar-refractivity contribution is -0.143. The first kappa shape index (κ1) is 25.4. The Hall–Kier alpha value is -1.68. The molecule has 0 amide bonds. The van der Waals surface area contributed by atoms with Crippen LogP contribution in [0.15, 0.2) is 15.8 Å². The number of fused-ring (bicyclic) bond motifs is 1. The van der Waals surface area contributed by atoms with Crippen LogP contribution in [0, 0.1) is 5.92 Å². The highest BCUT2D eigenvalue weighted by atomic mass is 31.3. The van der Waals surface area contributed by atoms with E-state index >= 15 is 0 Å². The smallest absolute Gasteiger partial charge is 0.475 e. The molecule has 3 unspecified atom stereocenters. The number of nitrogens with one attached hydrogen (secondary N) is 1. The Kier molecular flexibility index (Phi) is 6.33. The summed E-state index contributed by atoms with van der Waals surface area (Å²) < 4.78 is 68.3. The molecular weight excluding hydrogens is 533 g/mol. The van der Waals surface area contributed by atoms with Gasteiger partial charge in [0.05, 0.1) is 19.9 Å². The minimum Gasteiger partial charge on any atom is -0.475 e. The van der Waals surface area contributed by atoms with Crippen LogP contribution < -0.4 is 16.0 Å². The molecule has 18 nitrogen and oxygen atoms in total. The molecule has 0 aromatic carbocycles. The monoisotopic (exact) mass is 550 g/mol. The number of aromatic nitrogens is 2. The Balaban J connectivity index is 1.50. The molecule has 3 fully saturated rings. The molecule has 0 radical (unpaired) electrons. The van der Waals surface area contributed by atoms with E-state index in [4.69, 9.17) is 14.0 Å². The molecule has 4 rings (SSSR count). The second kappa shape index (κ2) is 8.47. The van der Waals surface area contributed by atoms with E-state index in [0.29, 0.717) is 0 Å². The number of hydrogen-bond donors (Lipinski definition) is 4. The quantitative estimate of drug-likeness (QED) is 0.238. The number of carbonyl (C=O) groups is 1. The van der Waals surface area contributed by atoms with Gasteiger partial charge >= 0.3 is 35.1 Å². The lowest BCUT2D eigenvalue weighted by Gasteiger charge is -2.28. The largest absolute Gasteiger partial charge is 0.492 e. The van der Waals surface area contributed by atoms with Gasteiger partial charge in [0, 0.05) is 5.92 Å². The van der Waals surface area contributed by atoms with Crippen LogP contribution in [0.2, 0.25) is 0 Å². The van der Waals surface area contributed by atoms with Crippen molar-refractivity contribution in [3.63, 3.8) is 0 Å². The number of methoxy groups -OCH3 is 1. The summed E-state index contributed by atoms with van der Waals surface area (Å²) in [4.78, 5) is 55.9. The summed E-state index contributed by atoms with van der Waals surface area (Å²) in [5.41, 5.74) is -3.36. The summed E-state index contributed by atoms with van der Waals surface area (Å²) in [6.07, 6.45) is -1.75. The van der Waals surface area contributed by atoms with E-state index in [-0.39, 0.29) is 6.42 Å². The van der Waals surface area contributed by atoms with Crippen molar-refractivity contribution in [2.45, 2.75) is 24.4 Å². The van der Waals surface area contributed by atoms with Gasteiger partial charge in [-0.15, -0.1) is 0 Å². The third-order valence-corrected chi connectivity index (χ3v) is 10.4. The van der Waals surface area contributed by atoms with Crippen molar-refractivity contribution >= 4 is 29.4 Å². The van der Waals surface area contributed by atoms with Crippen molar-refractivity contribution in [3.8, 4) is 5.75 Å². The number of aliphatic hydroxyl groups excluding tert-OH is 1. The zero-order valence-electron chi connectivity index (χ0n) is 16.9. The van der Waals surface area contributed by atoms with Crippen molar-refractivity contribution in [3.05, 3.63) is 27.0 Å². The predicted molar refractivity (Wildman–Crippen MR) is 102 cm³/mol. The van der Waals surface area contributed by atoms with E-state index < -0.39 is 83.5 Å². The van der Waals surface area contributed by atoms with Crippen molar-refractivity contribution in [2.24, 2.45) is 5.92 Å². The molecule has 34 heavy (non-hydrogen) atoms. The maximum Gasteiger partial charge on any atom is 0.492 e. The van der Waals surface area contributed by atoms with Crippen LogP contribution in [-0.2, 0) is 45.4 Å². The van der Waals surface area contributed by atoms with Crippen molar-refractivity contribution in [1.29, 1.82) is 0 Å². The summed E-state index contributed by atoms with van der Waals surface area (Å²) in [7, 11) is -14.5. The van der Waals surface area contributed by atoms with Crippen LogP contribution in [0.4, 0.5) is 0 Å². The first-order valence-electron chi connectivity index (χ1n) is 9.13. The first-order chi connectivity index (χ1) is 15.7. The van der Waals surface area contributed by atoms with Gasteiger partial charge in [-0.1, -0.05) is 0 Å². The molecule has 21 heteroatoms. The Morgan fingerprint density at radius 2 is 1.88 bits per heavy atom. The minimum atomic E-state index is -5.25. The molecule has 2 saturated heterocycles. The number of phosphoric acid groups is 3. The number of nitrogens with zero attached hydrogens (tertiary/aromatic N) is 1. The summed E-state index contributed by atoms with van der Waals surface area (Å²) in [5.74, 6) is -1.97. The van der Waals surface area contributed by atoms with Crippen molar-refractivity contribution in [2.75, 3.05) is 20.3 Å². The average Bonchev–Trinajstić information content (AvgIpc) is 3.34. The summed E-state index contributed by atoms with van der Waals surface area (Å²) in [5, 5.41) is 10.6. The van der Waals surface area contributed by atoms with Crippen molar-refractivity contribution in [1.82, 2.24) is 9.55 Å². The Bertz CT molecular complexity index is 1250. The summed E-state index contributed by atoms with van der Waals surface area (Å²) >= 11 is 0. The SMILES string of the molecule is COC(=O)COc1cn([C@@H]2O[C@@]3(COP4(=O)OP(=O)(O)OP(=O)(O)O4)CC3[C@@H]2O)c(=O)[nH]c1=O. The van der Waals surface area contributed by atoms with E-state index in [2.05, 4.69) is 17.7 Å². The number of esters is 1. The van der Waals surface area contributed by atoms with Crippen LogP contribution in [0.3, 0.4) is 0 Å². The highest BCUT2D eigenvalue weighted by Crippen LogP contribution is 2.80. The normalized spacial score (nSPS) is 41.0. The standard InChI is InChI=1S/C13H17N2O16P3/c1-25-8(16)4-26-7-3-15(12(19)14-10(7)18)11-9(17)6-2-13(6,28-11)5-27-34(24)30-32(20,21)29-33(22,23)31-34/h3,6,9,11,17H,2,4-5H2,1H3,(H,20,21)(H,22,23)(H,14,18,19)/t6?,9-,11+,13+/m0/s1. The summed E-state index contributed by atoms with van der Waals surface area (Å²) in [6, 6.07) is 0. The third kappa shape index (κ3) is 4.98. The number of hydrogen-bond acceptors (Lipinski definition) is 14. The van der Waals surface area contributed by atoms with Gasteiger partial charge < -0.3 is 29.1 Å². The van der Waals surface area contributed by atoms with E-state index in [1.165, 1.54) is 0 Å². The molecule has 1 aliphatic carbocycles. The molecule has 1 aromatic heterocycles. The zero-order chi connectivity index (χ0) is 25.1. The van der Waals surface area contributed by atoms with Gasteiger partial charge in [0.15, 0.2) is 12.8 Å². The molecule has 1 saturated carbocycles. The highest BCUT2D eigenvalue weighted by Gasteiger charge is 2.69. The Morgan fingerprint density at radius 3 is 2.50 bits per heavy atom. The third-order valence-electron chi connectivity index (χ3n) is 5.00. The van der Waals surface area contributed by atoms with Crippen LogP contribution in [-0.4, -0.2) is 62.4 Å². The van der Waals surface area contributed by atoms with E-state index in [9.17, 15) is 43.0 Å². The van der Waals surface area contributed by atoms with Gasteiger partial charge in [0.1, 0.15) is 11.7 Å². The fraction of sp³-hybridized carbons (Fsp3) is 0.615. The maximum atomic E-state index is 12.4. The van der Waals surface area contributed by atoms with E-state index in [0.717, 1.165) is 17.9 Å². The second-order valence-corrected chi connectivity index (χ2v) is 12.3. The number of aliphatic hydroxyl groups is 1. The molecule has 1 aromatic rings. The molecule has 3 heterocycles. The van der Waals surface area contributed by atoms with Gasteiger partial charge in [0.25, 0.3) is 5.56 Å².